The minimum atomic E-state index is -5.08. The van der Waals surface area contributed by atoms with Crippen LogP contribution in [0.1, 0.15) is 37.5 Å². The number of nitrogens with zero attached hydrogens (tertiary/aromatic N) is 3. The van der Waals surface area contributed by atoms with Gasteiger partial charge in [-0.2, -0.15) is 18.4 Å². The molecule has 1 fully saturated rings. The number of alkyl halides is 3. The molecule has 1 aliphatic rings. The molecule has 12 heteroatoms. The standard InChI is InChI=1S/C27H29N3O3S.C2HF3O2/c1-4-22-18(10-11-30-15-21(16-30)27(31)32)6-5-7-23(22)25-14-29-26(34-25)19-8-9-24(33-17(2)3)20(12-19)13-28;3-2(4,5)1(6)7/h5-9,12,14,17,21H,4,10-11,15-16H2,1-3H3,(H,31,32);(H,6,7). The maximum atomic E-state index is 11.0. The van der Waals surface area contributed by atoms with E-state index < -0.39 is 18.1 Å². The molecule has 0 bridgehead atoms. The minimum Gasteiger partial charge on any atom is -0.490 e. The number of halogens is 3. The number of benzene rings is 2. The topological polar surface area (TPSA) is 124 Å². The largest absolute Gasteiger partial charge is 0.490 e. The van der Waals surface area contributed by atoms with E-state index in [-0.39, 0.29) is 12.0 Å². The molecule has 1 aliphatic heterocycles. The van der Waals surface area contributed by atoms with Crippen molar-refractivity contribution in [1.29, 1.82) is 5.26 Å². The average Bonchev–Trinajstić information content (AvgIpc) is 3.37. The molecular formula is C29H30F3N3O5S. The number of nitriles is 1. The third-order valence-electron chi connectivity index (χ3n) is 6.35. The van der Waals surface area contributed by atoms with Gasteiger partial charge >= 0.3 is 18.1 Å². The van der Waals surface area contributed by atoms with E-state index in [9.17, 15) is 23.2 Å². The van der Waals surface area contributed by atoms with Crippen LogP contribution in [0, 0.1) is 17.2 Å². The number of carboxylic acid groups (broad SMARTS) is 2. The first-order valence-electron chi connectivity index (χ1n) is 12.9. The number of ether oxygens (including phenoxy) is 1. The molecule has 4 rings (SSSR count). The third kappa shape index (κ3) is 8.28. The van der Waals surface area contributed by atoms with E-state index in [1.165, 1.54) is 16.7 Å². The molecule has 0 atom stereocenters. The van der Waals surface area contributed by atoms with E-state index >= 15 is 0 Å². The summed E-state index contributed by atoms with van der Waals surface area (Å²) in [7, 11) is 0. The van der Waals surface area contributed by atoms with E-state index in [1.807, 2.05) is 38.2 Å². The smallest absolute Gasteiger partial charge is 0.490 e. The second kappa shape index (κ2) is 13.6. The fourth-order valence-electron chi connectivity index (χ4n) is 4.34. The Labute approximate surface area is 239 Å². The first-order chi connectivity index (χ1) is 19.3. The number of aromatic nitrogens is 1. The van der Waals surface area contributed by atoms with Gasteiger partial charge in [0.2, 0.25) is 0 Å². The van der Waals surface area contributed by atoms with Crippen molar-refractivity contribution in [2.24, 2.45) is 5.92 Å². The first kappa shape index (κ1) is 31.6. The fraction of sp³-hybridized carbons (Fsp3) is 0.379. The van der Waals surface area contributed by atoms with Gasteiger partial charge in [0.25, 0.3) is 0 Å². The van der Waals surface area contributed by atoms with Gasteiger partial charge in [-0.05, 0) is 61.6 Å². The number of hydrogen-bond acceptors (Lipinski definition) is 7. The zero-order chi connectivity index (χ0) is 30.3. The predicted octanol–water partition coefficient (Wildman–Crippen LogP) is 5.89. The van der Waals surface area contributed by atoms with Crippen LogP contribution >= 0.6 is 11.3 Å². The number of hydrogen-bond donors (Lipinski definition) is 2. The maximum absolute atomic E-state index is 11.0. The lowest BCUT2D eigenvalue weighted by molar-refractivity contribution is -0.192. The maximum Gasteiger partial charge on any atom is 0.490 e. The molecule has 1 saturated heterocycles. The summed E-state index contributed by atoms with van der Waals surface area (Å²) in [6, 6.07) is 14.3. The predicted molar refractivity (Wildman–Crippen MR) is 148 cm³/mol. The highest BCUT2D eigenvalue weighted by atomic mass is 32.1. The van der Waals surface area contributed by atoms with Crippen molar-refractivity contribution in [2.75, 3.05) is 19.6 Å². The quantitative estimate of drug-likeness (QED) is 0.317. The monoisotopic (exact) mass is 589 g/mol. The van der Waals surface area contributed by atoms with Gasteiger partial charge in [-0.15, -0.1) is 11.3 Å². The molecule has 218 valence electrons. The van der Waals surface area contributed by atoms with Gasteiger partial charge in [-0.3, -0.25) is 4.79 Å². The third-order valence-corrected chi connectivity index (χ3v) is 7.43. The molecular weight excluding hydrogens is 559 g/mol. The van der Waals surface area contributed by atoms with E-state index in [4.69, 9.17) is 19.7 Å². The number of likely N-dealkylation sites (tertiary alicyclic amines) is 1. The highest BCUT2D eigenvalue weighted by Gasteiger charge is 2.38. The molecule has 0 saturated carbocycles. The first-order valence-corrected chi connectivity index (χ1v) is 13.7. The van der Waals surface area contributed by atoms with Gasteiger partial charge in [0.1, 0.15) is 16.8 Å². The normalized spacial score (nSPS) is 13.6. The van der Waals surface area contributed by atoms with Crippen LogP contribution in [0.15, 0.2) is 42.6 Å². The average molecular weight is 590 g/mol. The summed E-state index contributed by atoms with van der Waals surface area (Å²) in [6.07, 6.45) is -1.35. The second-order valence-electron chi connectivity index (χ2n) is 9.66. The van der Waals surface area contributed by atoms with Crippen molar-refractivity contribution in [3.63, 3.8) is 0 Å². The summed E-state index contributed by atoms with van der Waals surface area (Å²) in [6.45, 7) is 8.20. The molecule has 2 heterocycles. The number of rotatable bonds is 9. The summed E-state index contributed by atoms with van der Waals surface area (Å²) in [5.74, 6) is -3.08. The van der Waals surface area contributed by atoms with Crippen LogP contribution in [0.3, 0.4) is 0 Å². The van der Waals surface area contributed by atoms with Crippen LogP contribution < -0.4 is 4.74 Å². The Kier molecular flexibility index (Phi) is 10.5. The molecule has 1 aromatic heterocycles. The van der Waals surface area contributed by atoms with E-state index in [1.54, 1.807) is 11.3 Å². The van der Waals surface area contributed by atoms with Crippen LogP contribution in [0.2, 0.25) is 0 Å². The zero-order valence-electron chi connectivity index (χ0n) is 22.7. The molecule has 0 radical (unpaired) electrons. The summed E-state index contributed by atoms with van der Waals surface area (Å²) in [5.41, 5.74) is 5.22. The zero-order valence-corrected chi connectivity index (χ0v) is 23.6. The number of carboxylic acids is 2. The lowest BCUT2D eigenvalue weighted by Crippen LogP contribution is -2.50. The number of thiazole rings is 1. The molecule has 2 N–H and O–H groups in total. The summed E-state index contributed by atoms with van der Waals surface area (Å²) in [4.78, 5) is 27.9. The highest BCUT2D eigenvalue weighted by Crippen LogP contribution is 2.36. The highest BCUT2D eigenvalue weighted by molar-refractivity contribution is 7.18. The molecule has 0 unspecified atom stereocenters. The Balaban J connectivity index is 0.000000587. The Morgan fingerprint density at radius 2 is 1.90 bits per heavy atom. The Morgan fingerprint density at radius 3 is 2.46 bits per heavy atom. The Hall–Kier alpha value is -3.95. The van der Waals surface area contributed by atoms with Crippen LogP contribution in [-0.4, -0.2) is 64.0 Å². The minimum absolute atomic E-state index is 0.00356. The van der Waals surface area contributed by atoms with Gasteiger partial charge in [-0.1, -0.05) is 25.1 Å². The van der Waals surface area contributed by atoms with E-state index in [0.717, 1.165) is 34.8 Å². The van der Waals surface area contributed by atoms with Crippen molar-refractivity contribution >= 4 is 23.3 Å². The summed E-state index contributed by atoms with van der Waals surface area (Å²) >= 11 is 1.62. The van der Waals surface area contributed by atoms with E-state index in [0.29, 0.717) is 24.4 Å². The lowest BCUT2D eigenvalue weighted by atomic mass is 9.94. The van der Waals surface area contributed by atoms with E-state index in [2.05, 4.69) is 41.1 Å². The molecule has 8 nitrogen and oxygen atoms in total. The molecule has 0 spiro atoms. The van der Waals surface area contributed by atoms with Gasteiger partial charge < -0.3 is 19.8 Å². The van der Waals surface area contributed by atoms with Gasteiger partial charge in [0, 0.05) is 31.4 Å². The van der Waals surface area contributed by atoms with Crippen LogP contribution in [0.4, 0.5) is 13.2 Å². The fourth-order valence-corrected chi connectivity index (χ4v) is 5.31. The van der Waals surface area contributed by atoms with Crippen LogP contribution in [0.25, 0.3) is 21.0 Å². The van der Waals surface area contributed by atoms with Gasteiger partial charge in [-0.25, -0.2) is 9.78 Å². The summed E-state index contributed by atoms with van der Waals surface area (Å²) < 4.78 is 37.5. The number of carbonyl (C=O) groups is 2. The molecule has 3 aromatic rings. The van der Waals surface area contributed by atoms with Crippen molar-refractivity contribution in [2.45, 2.75) is 45.9 Å². The second-order valence-corrected chi connectivity index (χ2v) is 10.7. The lowest BCUT2D eigenvalue weighted by Gasteiger charge is -2.36. The molecule has 0 aliphatic carbocycles. The van der Waals surface area contributed by atoms with Crippen molar-refractivity contribution in [1.82, 2.24) is 9.88 Å². The molecule has 41 heavy (non-hydrogen) atoms. The molecule has 2 aromatic carbocycles. The van der Waals surface area contributed by atoms with Gasteiger partial charge in [0.15, 0.2) is 0 Å². The van der Waals surface area contributed by atoms with Crippen LogP contribution in [0.5, 0.6) is 5.75 Å². The van der Waals surface area contributed by atoms with Crippen molar-refractivity contribution < 1.29 is 37.7 Å². The summed E-state index contributed by atoms with van der Waals surface area (Å²) in [5, 5.41) is 26.6. The van der Waals surface area contributed by atoms with Crippen molar-refractivity contribution in [3.05, 3.63) is 59.3 Å². The molecule has 0 amide bonds. The Bertz CT molecular complexity index is 1430. The van der Waals surface area contributed by atoms with Crippen LogP contribution in [-0.2, 0) is 22.4 Å². The number of aliphatic carboxylic acids is 2. The SMILES string of the molecule is CCc1c(CCN2CC(C(=O)O)C2)cccc1-c1cnc(-c2ccc(OC(C)C)c(C#N)c2)s1.O=C(O)C(F)(F)F. The van der Waals surface area contributed by atoms with Crippen molar-refractivity contribution in [3.8, 4) is 32.8 Å². The Morgan fingerprint density at radius 1 is 1.22 bits per heavy atom. The van der Waals surface area contributed by atoms with Gasteiger partial charge in [0.05, 0.1) is 22.5 Å².